The van der Waals surface area contributed by atoms with Gasteiger partial charge >= 0.3 is 5.97 Å². The number of esters is 1. The van der Waals surface area contributed by atoms with E-state index in [1.807, 2.05) is 0 Å². The predicted molar refractivity (Wildman–Crippen MR) is 101 cm³/mol. The summed E-state index contributed by atoms with van der Waals surface area (Å²) in [7, 11) is 1.38. The van der Waals surface area contributed by atoms with Crippen molar-refractivity contribution in [2.45, 2.75) is 13.0 Å². The van der Waals surface area contributed by atoms with Gasteiger partial charge in [0, 0.05) is 25.1 Å². The van der Waals surface area contributed by atoms with E-state index in [0.717, 1.165) is 0 Å². The van der Waals surface area contributed by atoms with Crippen LogP contribution >= 0.6 is 0 Å². The highest BCUT2D eigenvalue weighted by Crippen LogP contribution is 2.29. The molecule has 0 radical (unpaired) electrons. The zero-order valence-electron chi connectivity index (χ0n) is 16.0. The normalized spacial score (nSPS) is 15.7. The Morgan fingerprint density at radius 2 is 2.17 bits per heavy atom. The van der Waals surface area contributed by atoms with E-state index >= 15 is 0 Å². The molecule has 2 aromatic rings. The number of amides is 2. The number of likely N-dealkylation sites (tertiary alicyclic amines) is 1. The number of anilines is 1. The molecule has 1 N–H and O–H groups in total. The Morgan fingerprint density at radius 1 is 1.37 bits per heavy atom. The first-order valence-corrected chi connectivity index (χ1v) is 8.96. The molecule has 2 heterocycles. The topological polar surface area (TPSA) is 141 Å². The van der Waals surface area contributed by atoms with E-state index in [9.17, 15) is 24.5 Å². The average Bonchev–Trinajstić information content (AvgIpc) is 3.36. The van der Waals surface area contributed by atoms with E-state index in [4.69, 9.17) is 13.9 Å². The molecule has 11 nitrogen and oxygen atoms in total. The summed E-state index contributed by atoms with van der Waals surface area (Å²) in [4.78, 5) is 48.3. The lowest BCUT2D eigenvalue weighted by Crippen LogP contribution is -2.28. The van der Waals surface area contributed by atoms with E-state index in [-0.39, 0.29) is 36.8 Å². The van der Waals surface area contributed by atoms with Gasteiger partial charge in [0.25, 0.3) is 11.6 Å². The second-order valence-corrected chi connectivity index (χ2v) is 6.55. The van der Waals surface area contributed by atoms with Crippen molar-refractivity contribution in [1.82, 2.24) is 4.90 Å². The Hall–Kier alpha value is -3.89. The Bertz CT molecular complexity index is 957. The molecule has 30 heavy (non-hydrogen) atoms. The highest BCUT2D eigenvalue weighted by molar-refractivity contribution is 5.95. The molecule has 1 fully saturated rings. The minimum absolute atomic E-state index is 0.0253. The number of nitrogens with one attached hydrogen (secondary N) is 1. The average molecular weight is 417 g/mol. The van der Waals surface area contributed by atoms with Crippen molar-refractivity contribution in [2.75, 3.05) is 25.6 Å². The lowest BCUT2D eigenvalue weighted by molar-refractivity contribution is -0.383. The third kappa shape index (κ3) is 4.93. The van der Waals surface area contributed by atoms with Crippen LogP contribution in [0.25, 0.3) is 0 Å². The SMILES string of the molecule is COc1ccc([N+](=O)[O-])c(NC(=O)COC(=O)[C@@H]2CC(=O)N(Cc3ccco3)C2)c1. The number of hydrogen-bond acceptors (Lipinski definition) is 8. The van der Waals surface area contributed by atoms with Crippen LogP contribution in [0.3, 0.4) is 0 Å². The molecule has 3 rings (SSSR count). The minimum atomic E-state index is -0.753. The standard InChI is InChI=1S/C19H19N3O8/c1-28-13-4-5-16(22(26)27)15(8-13)20-17(23)11-30-19(25)12-7-18(24)21(9-12)10-14-3-2-6-29-14/h2-6,8,12H,7,9-11H2,1H3,(H,20,23)/t12-/m1/s1. The summed E-state index contributed by atoms with van der Waals surface area (Å²) in [6, 6.07) is 7.30. The van der Waals surface area contributed by atoms with Crippen LogP contribution in [0.2, 0.25) is 0 Å². The number of nitro groups is 1. The van der Waals surface area contributed by atoms with Crippen LogP contribution in [0.4, 0.5) is 11.4 Å². The predicted octanol–water partition coefficient (Wildman–Crippen LogP) is 1.73. The second-order valence-electron chi connectivity index (χ2n) is 6.55. The van der Waals surface area contributed by atoms with Gasteiger partial charge in [-0.1, -0.05) is 0 Å². The number of nitrogens with zero attached hydrogens (tertiary/aromatic N) is 2. The quantitative estimate of drug-likeness (QED) is 0.389. The fourth-order valence-electron chi connectivity index (χ4n) is 3.02. The number of ether oxygens (including phenoxy) is 2. The highest BCUT2D eigenvalue weighted by Gasteiger charge is 2.36. The minimum Gasteiger partial charge on any atom is -0.497 e. The number of methoxy groups -OCH3 is 1. The number of carbonyl (C=O) groups excluding carboxylic acids is 3. The lowest BCUT2D eigenvalue weighted by Gasteiger charge is -2.14. The van der Waals surface area contributed by atoms with Crippen molar-refractivity contribution in [3.8, 4) is 5.75 Å². The van der Waals surface area contributed by atoms with Gasteiger partial charge in [-0.2, -0.15) is 0 Å². The van der Waals surface area contributed by atoms with Gasteiger partial charge < -0.3 is 24.1 Å². The van der Waals surface area contributed by atoms with E-state index in [1.165, 1.54) is 36.5 Å². The number of carbonyl (C=O) groups is 3. The summed E-state index contributed by atoms with van der Waals surface area (Å²) in [6.07, 6.45) is 1.47. The molecule has 0 spiro atoms. The van der Waals surface area contributed by atoms with Crippen molar-refractivity contribution in [3.63, 3.8) is 0 Å². The fraction of sp³-hybridized carbons (Fsp3) is 0.316. The first-order chi connectivity index (χ1) is 14.4. The van der Waals surface area contributed by atoms with Crippen LogP contribution in [0.15, 0.2) is 41.0 Å². The van der Waals surface area contributed by atoms with Crippen LogP contribution in [0.1, 0.15) is 12.2 Å². The molecule has 158 valence electrons. The van der Waals surface area contributed by atoms with Crippen LogP contribution in [0, 0.1) is 16.0 Å². The maximum Gasteiger partial charge on any atom is 0.311 e. The molecule has 1 aromatic heterocycles. The third-order valence-corrected chi connectivity index (χ3v) is 4.49. The monoisotopic (exact) mass is 417 g/mol. The molecule has 0 unspecified atom stereocenters. The van der Waals surface area contributed by atoms with Gasteiger partial charge in [0.1, 0.15) is 17.2 Å². The van der Waals surface area contributed by atoms with Crippen LogP contribution in [0.5, 0.6) is 5.75 Å². The van der Waals surface area contributed by atoms with Crippen LogP contribution in [-0.2, 0) is 25.7 Å². The zero-order chi connectivity index (χ0) is 21.7. The van der Waals surface area contributed by atoms with Crippen molar-refractivity contribution < 1.29 is 33.2 Å². The molecular weight excluding hydrogens is 398 g/mol. The van der Waals surface area contributed by atoms with Gasteiger partial charge in [-0.3, -0.25) is 24.5 Å². The molecule has 1 saturated heterocycles. The molecule has 1 aliphatic heterocycles. The molecule has 0 aliphatic carbocycles. The Kier molecular flexibility index (Phi) is 6.30. The fourth-order valence-corrected chi connectivity index (χ4v) is 3.02. The molecule has 11 heteroatoms. The molecule has 0 bridgehead atoms. The summed E-state index contributed by atoms with van der Waals surface area (Å²) in [5.41, 5.74) is -0.411. The van der Waals surface area contributed by atoms with E-state index < -0.39 is 29.3 Å². The Morgan fingerprint density at radius 3 is 2.83 bits per heavy atom. The number of benzene rings is 1. The summed E-state index contributed by atoms with van der Waals surface area (Å²) >= 11 is 0. The van der Waals surface area contributed by atoms with Gasteiger partial charge in [-0.15, -0.1) is 0 Å². The maximum absolute atomic E-state index is 12.2. The molecule has 1 aromatic carbocycles. The largest absolute Gasteiger partial charge is 0.497 e. The number of nitro benzene ring substituents is 1. The summed E-state index contributed by atoms with van der Waals surface area (Å²) < 4.78 is 15.2. The molecular formula is C19H19N3O8. The van der Waals surface area contributed by atoms with Crippen molar-refractivity contribution in [3.05, 3.63) is 52.5 Å². The smallest absolute Gasteiger partial charge is 0.311 e. The molecule has 1 atom stereocenters. The lowest BCUT2D eigenvalue weighted by atomic mass is 10.1. The van der Waals surface area contributed by atoms with Crippen LogP contribution in [-0.4, -0.2) is 47.9 Å². The molecule has 2 amide bonds. The summed E-state index contributed by atoms with van der Waals surface area (Å²) in [6.45, 7) is -0.243. The van der Waals surface area contributed by atoms with Crippen molar-refractivity contribution in [1.29, 1.82) is 0 Å². The second kappa shape index (κ2) is 9.07. The maximum atomic E-state index is 12.2. The zero-order valence-corrected chi connectivity index (χ0v) is 16.0. The first-order valence-electron chi connectivity index (χ1n) is 8.96. The number of rotatable bonds is 8. The highest BCUT2D eigenvalue weighted by atomic mass is 16.6. The van der Waals surface area contributed by atoms with Gasteiger partial charge in [-0.25, -0.2) is 0 Å². The van der Waals surface area contributed by atoms with Crippen LogP contribution < -0.4 is 10.1 Å². The number of furan rings is 1. The van der Waals surface area contributed by atoms with E-state index in [0.29, 0.717) is 11.5 Å². The van der Waals surface area contributed by atoms with Gasteiger partial charge in [0.2, 0.25) is 5.91 Å². The molecule has 0 saturated carbocycles. The summed E-state index contributed by atoms with van der Waals surface area (Å²) in [5.74, 6) is -1.46. The Balaban J connectivity index is 1.53. The molecule has 1 aliphatic rings. The summed E-state index contributed by atoms with van der Waals surface area (Å²) in [5, 5.41) is 13.4. The van der Waals surface area contributed by atoms with E-state index in [2.05, 4.69) is 5.32 Å². The van der Waals surface area contributed by atoms with Gasteiger partial charge in [0.15, 0.2) is 6.61 Å². The van der Waals surface area contributed by atoms with Gasteiger partial charge in [-0.05, 0) is 18.2 Å². The number of hydrogen-bond donors (Lipinski definition) is 1. The first kappa shape index (κ1) is 20.8. The Labute approximate surface area is 170 Å². The van der Waals surface area contributed by atoms with Crippen molar-refractivity contribution >= 4 is 29.2 Å². The third-order valence-electron chi connectivity index (χ3n) is 4.49. The van der Waals surface area contributed by atoms with Crippen molar-refractivity contribution in [2.24, 2.45) is 5.92 Å². The van der Waals surface area contributed by atoms with Gasteiger partial charge in [0.05, 0.1) is 30.8 Å². The van der Waals surface area contributed by atoms with E-state index in [1.54, 1.807) is 12.1 Å².